The Labute approximate surface area is 195 Å². The molecular formula is C25H34N4O4. The van der Waals surface area contributed by atoms with Crippen LogP contribution in [0.4, 0.5) is 0 Å². The highest BCUT2D eigenvalue weighted by Crippen LogP contribution is 2.18. The van der Waals surface area contributed by atoms with Gasteiger partial charge in [0.1, 0.15) is 5.75 Å². The van der Waals surface area contributed by atoms with Crippen LogP contribution in [0.1, 0.15) is 42.9 Å². The molecule has 2 aromatic carbocycles. The molecule has 0 aliphatic carbocycles. The molecule has 0 bridgehead atoms. The summed E-state index contributed by atoms with van der Waals surface area (Å²) < 4.78 is 5.88. The van der Waals surface area contributed by atoms with Crippen LogP contribution in [0.15, 0.2) is 66.6 Å². The number of aliphatic hydroxyl groups is 1. The standard InChI is InChI=1S/C25H34N4O4/c30-24(22-10-3-1-4-11-22)18-27-25(20-29(31)32)26-13-8-16-33-23-12-7-9-21(17-23)19-28-14-5-2-6-15-28/h1,3-4,7,9-12,17,20,24,26-27,30H,2,5-6,8,13-16,18-19H2. The molecule has 8 heteroatoms. The monoisotopic (exact) mass is 454 g/mol. The van der Waals surface area contributed by atoms with Crippen LogP contribution < -0.4 is 15.4 Å². The minimum atomic E-state index is -0.760. The van der Waals surface area contributed by atoms with Gasteiger partial charge >= 0.3 is 0 Å². The van der Waals surface area contributed by atoms with Gasteiger partial charge in [0.15, 0.2) is 5.82 Å². The molecule has 1 heterocycles. The van der Waals surface area contributed by atoms with Gasteiger partial charge in [0, 0.05) is 19.6 Å². The van der Waals surface area contributed by atoms with Crippen molar-refractivity contribution in [3.63, 3.8) is 0 Å². The van der Waals surface area contributed by atoms with Crippen molar-refractivity contribution in [3.8, 4) is 5.75 Å². The predicted molar refractivity (Wildman–Crippen MR) is 128 cm³/mol. The highest BCUT2D eigenvalue weighted by Gasteiger charge is 2.11. The molecule has 0 saturated carbocycles. The van der Waals surface area contributed by atoms with Crippen molar-refractivity contribution in [2.45, 2.75) is 38.3 Å². The minimum Gasteiger partial charge on any atom is -0.494 e. The largest absolute Gasteiger partial charge is 0.494 e. The number of hydrogen-bond donors (Lipinski definition) is 3. The van der Waals surface area contributed by atoms with Crippen LogP contribution in [0, 0.1) is 10.1 Å². The van der Waals surface area contributed by atoms with Crippen molar-refractivity contribution in [3.05, 3.63) is 87.9 Å². The highest BCUT2D eigenvalue weighted by molar-refractivity contribution is 5.28. The quantitative estimate of drug-likeness (QED) is 0.242. The summed E-state index contributed by atoms with van der Waals surface area (Å²) in [5, 5.41) is 27.1. The molecule has 1 saturated heterocycles. The van der Waals surface area contributed by atoms with Gasteiger partial charge in [-0.2, -0.15) is 0 Å². The van der Waals surface area contributed by atoms with E-state index in [1.54, 1.807) is 0 Å². The number of piperidine rings is 1. The summed E-state index contributed by atoms with van der Waals surface area (Å²) in [6.07, 6.45) is 4.67. The second-order valence-corrected chi connectivity index (χ2v) is 8.25. The van der Waals surface area contributed by atoms with Crippen molar-refractivity contribution in [2.24, 2.45) is 0 Å². The molecule has 0 amide bonds. The average molecular weight is 455 g/mol. The summed E-state index contributed by atoms with van der Waals surface area (Å²) in [6, 6.07) is 17.4. The van der Waals surface area contributed by atoms with Gasteiger partial charge in [0.05, 0.1) is 17.6 Å². The molecule has 1 atom stereocenters. The van der Waals surface area contributed by atoms with Gasteiger partial charge in [-0.05, 0) is 55.6 Å². The second kappa shape index (κ2) is 13.4. The molecule has 3 rings (SSSR count). The summed E-state index contributed by atoms with van der Waals surface area (Å²) in [6.45, 7) is 4.44. The lowest BCUT2D eigenvalue weighted by atomic mass is 10.1. The Morgan fingerprint density at radius 3 is 2.67 bits per heavy atom. The molecule has 8 nitrogen and oxygen atoms in total. The summed E-state index contributed by atoms with van der Waals surface area (Å²) in [5.74, 6) is 1.10. The number of aliphatic hydroxyl groups excluding tert-OH is 1. The molecule has 0 spiro atoms. The summed E-state index contributed by atoms with van der Waals surface area (Å²) in [7, 11) is 0. The number of rotatable bonds is 13. The van der Waals surface area contributed by atoms with E-state index >= 15 is 0 Å². The number of benzene rings is 2. The van der Waals surface area contributed by atoms with E-state index in [2.05, 4.69) is 27.7 Å². The Hall–Kier alpha value is -3.10. The third kappa shape index (κ3) is 9.11. The van der Waals surface area contributed by atoms with Crippen LogP contribution in [0.25, 0.3) is 0 Å². The zero-order valence-corrected chi connectivity index (χ0v) is 19.0. The molecule has 1 aliphatic rings. The van der Waals surface area contributed by atoms with Crippen LogP contribution >= 0.6 is 0 Å². The molecule has 1 unspecified atom stereocenters. The van der Waals surface area contributed by atoms with E-state index in [1.165, 1.54) is 24.8 Å². The van der Waals surface area contributed by atoms with Gasteiger partial charge < -0.3 is 20.5 Å². The summed E-state index contributed by atoms with van der Waals surface area (Å²) in [4.78, 5) is 12.9. The molecule has 33 heavy (non-hydrogen) atoms. The maximum Gasteiger partial charge on any atom is 0.274 e. The SMILES string of the molecule is O=[N+]([O-])C=C(NCCCOc1cccc(CN2CCCCC2)c1)NCC(O)c1ccccc1. The maximum atomic E-state index is 10.9. The van der Waals surface area contributed by atoms with Gasteiger partial charge in [0.25, 0.3) is 6.20 Å². The Bertz CT molecular complexity index is 885. The smallest absolute Gasteiger partial charge is 0.274 e. The van der Waals surface area contributed by atoms with Crippen molar-refractivity contribution in [1.82, 2.24) is 15.5 Å². The molecule has 1 fully saturated rings. The average Bonchev–Trinajstić information content (AvgIpc) is 2.83. The van der Waals surface area contributed by atoms with Crippen LogP contribution in [-0.2, 0) is 6.54 Å². The molecule has 1 aliphatic heterocycles. The van der Waals surface area contributed by atoms with Crippen molar-refractivity contribution in [1.29, 1.82) is 0 Å². The van der Waals surface area contributed by atoms with Gasteiger partial charge in [-0.1, -0.05) is 48.9 Å². The lowest BCUT2D eigenvalue weighted by Gasteiger charge is -2.26. The van der Waals surface area contributed by atoms with E-state index in [1.807, 2.05) is 42.5 Å². The van der Waals surface area contributed by atoms with Crippen LogP contribution in [0.2, 0.25) is 0 Å². The number of nitrogens with zero attached hydrogens (tertiary/aromatic N) is 2. The Morgan fingerprint density at radius 2 is 1.91 bits per heavy atom. The first-order chi connectivity index (χ1) is 16.1. The van der Waals surface area contributed by atoms with Crippen molar-refractivity contribution < 1.29 is 14.8 Å². The Balaban J connectivity index is 1.38. The molecule has 0 aromatic heterocycles. The molecule has 3 N–H and O–H groups in total. The Morgan fingerprint density at radius 1 is 1.12 bits per heavy atom. The minimum absolute atomic E-state index is 0.164. The molecular weight excluding hydrogens is 420 g/mol. The Kier molecular flexibility index (Phi) is 10.0. The predicted octanol–water partition coefficient (Wildman–Crippen LogP) is 3.43. The fourth-order valence-electron chi connectivity index (χ4n) is 3.85. The van der Waals surface area contributed by atoms with Gasteiger partial charge in [0.2, 0.25) is 0 Å². The lowest BCUT2D eigenvalue weighted by Crippen LogP contribution is -2.31. The van der Waals surface area contributed by atoms with E-state index in [4.69, 9.17) is 4.74 Å². The van der Waals surface area contributed by atoms with Crippen molar-refractivity contribution >= 4 is 0 Å². The number of hydrogen-bond acceptors (Lipinski definition) is 7. The summed E-state index contributed by atoms with van der Waals surface area (Å²) in [5.41, 5.74) is 2.01. The maximum absolute atomic E-state index is 10.9. The molecule has 2 aromatic rings. The van der Waals surface area contributed by atoms with E-state index < -0.39 is 11.0 Å². The first-order valence-electron chi connectivity index (χ1n) is 11.6. The van der Waals surface area contributed by atoms with E-state index in [-0.39, 0.29) is 12.4 Å². The fraction of sp³-hybridized carbons (Fsp3) is 0.440. The van der Waals surface area contributed by atoms with Crippen LogP contribution in [0.3, 0.4) is 0 Å². The van der Waals surface area contributed by atoms with Gasteiger partial charge in [-0.15, -0.1) is 0 Å². The van der Waals surface area contributed by atoms with E-state index in [0.29, 0.717) is 19.6 Å². The summed E-state index contributed by atoms with van der Waals surface area (Å²) >= 11 is 0. The van der Waals surface area contributed by atoms with E-state index in [9.17, 15) is 15.2 Å². The highest BCUT2D eigenvalue weighted by atomic mass is 16.6. The van der Waals surface area contributed by atoms with Crippen molar-refractivity contribution in [2.75, 3.05) is 32.8 Å². The zero-order valence-electron chi connectivity index (χ0n) is 19.0. The third-order valence-corrected chi connectivity index (χ3v) is 5.56. The lowest BCUT2D eigenvalue weighted by molar-refractivity contribution is -0.404. The topological polar surface area (TPSA) is 99.9 Å². The number of nitrogens with one attached hydrogen (secondary N) is 2. The first-order valence-corrected chi connectivity index (χ1v) is 11.6. The van der Waals surface area contributed by atoms with Gasteiger partial charge in [-0.3, -0.25) is 15.0 Å². The second-order valence-electron chi connectivity index (χ2n) is 8.25. The zero-order chi connectivity index (χ0) is 23.3. The third-order valence-electron chi connectivity index (χ3n) is 5.56. The number of nitro groups is 1. The number of ether oxygens (including phenoxy) is 1. The van der Waals surface area contributed by atoms with E-state index in [0.717, 1.165) is 37.1 Å². The van der Waals surface area contributed by atoms with Gasteiger partial charge in [-0.25, -0.2) is 0 Å². The van der Waals surface area contributed by atoms with Crippen LogP contribution in [-0.4, -0.2) is 47.7 Å². The fourth-order valence-corrected chi connectivity index (χ4v) is 3.85. The van der Waals surface area contributed by atoms with Crippen LogP contribution in [0.5, 0.6) is 5.75 Å². The first kappa shape index (κ1) is 24.5. The molecule has 0 radical (unpaired) electrons. The normalized spacial score (nSPS) is 15.6. The molecule has 178 valence electrons. The number of likely N-dealkylation sites (tertiary alicyclic amines) is 1.